The van der Waals surface area contributed by atoms with E-state index in [2.05, 4.69) is 10.2 Å². The first-order valence-corrected chi connectivity index (χ1v) is 8.43. The van der Waals surface area contributed by atoms with Crippen LogP contribution in [0.5, 0.6) is 0 Å². The molecule has 2 aromatic rings. The molecule has 23 heavy (non-hydrogen) atoms. The summed E-state index contributed by atoms with van der Waals surface area (Å²) in [4.78, 5) is 14.8. The van der Waals surface area contributed by atoms with Crippen LogP contribution in [0.3, 0.4) is 0 Å². The lowest BCUT2D eigenvalue weighted by Crippen LogP contribution is -2.40. The SMILES string of the molecule is O=C(NCC(c1ccco1)N1CCCCC1)c1ccccc1Cl. The zero-order chi connectivity index (χ0) is 16.1. The van der Waals surface area contributed by atoms with Crippen LogP contribution in [0.25, 0.3) is 0 Å². The summed E-state index contributed by atoms with van der Waals surface area (Å²) >= 11 is 6.09. The number of rotatable bonds is 5. The summed E-state index contributed by atoms with van der Waals surface area (Å²) in [7, 11) is 0. The van der Waals surface area contributed by atoms with E-state index in [1.807, 2.05) is 24.3 Å². The Kier molecular flexibility index (Phi) is 5.36. The molecule has 1 amide bonds. The van der Waals surface area contributed by atoms with Crippen molar-refractivity contribution >= 4 is 17.5 Å². The maximum atomic E-state index is 12.4. The highest BCUT2D eigenvalue weighted by atomic mass is 35.5. The van der Waals surface area contributed by atoms with Crippen molar-refractivity contribution < 1.29 is 9.21 Å². The average Bonchev–Trinajstić information content (AvgIpc) is 3.10. The number of carbonyl (C=O) groups is 1. The van der Waals surface area contributed by atoms with Gasteiger partial charge in [-0.2, -0.15) is 0 Å². The van der Waals surface area contributed by atoms with Crippen LogP contribution in [0, 0.1) is 0 Å². The van der Waals surface area contributed by atoms with Crippen LogP contribution in [-0.2, 0) is 0 Å². The van der Waals surface area contributed by atoms with Crippen molar-refractivity contribution in [2.24, 2.45) is 0 Å². The molecule has 0 bridgehead atoms. The molecule has 0 radical (unpaired) electrons. The molecule has 122 valence electrons. The van der Waals surface area contributed by atoms with Crippen LogP contribution >= 0.6 is 11.6 Å². The van der Waals surface area contributed by atoms with Gasteiger partial charge in [-0.25, -0.2) is 0 Å². The third-order valence-corrected chi connectivity index (χ3v) is 4.61. The monoisotopic (exact) mass is 332 g/mol. The van der Waals surface area contributed by atoms with Crippen molar-refractivity contribution in [2.45, 2.75) is 25.3 Å². The summed E-state index contributed by atoms with van der Waals surface area (Å²) in [5.74, 6) is 0.746. The summed E-state index contributed by atoms with van der Waals surface area (Å²) in [6.45, 7) is 2.58. The van der Waals surface area contributed by atoms with Crippen LogP contribution in [0.15, 0.2) is 47.1 Å². The summed E-state index contributed by atoms with van der Waals surface area (Å²) in [6, 6.07) is 11.0. The molecule has 0 spiro atoms. The van der Waals surface area contributed by atoms with Crippen molar-refractivity contribution in [1.82, 2.24) is 10.2 Å². The number of furan rings is 1. The fourth-order valence-corrected chi connectivity index (χ4v) is 3.27. The standard InChI is InChI=1S/C18H21ClN2O2/c19-15-8-3-2-7-14(15)18(22)20-13-16(17-9-6-12-23-17)21-10-4-1-5-11-21/h2-3,6-9,12,16H,1,4-5,10-11,13H2,(H,20,22). The molecule has 4 nitrogen and oxygen atoms in total. The largest absolute Gasteiger partial charge is 0.468 e. The Morgan fingerprint density at radius 3 is 2.65 bits per heavy atom. The van der Waals surface area contributed by atoms with Gasteiger partial charge in [0, 0.05) is 6.54 Å². The molecule has 1 aliphatic rings. The van der Waals surface area contributed by atoms with Gasteiger partial charge < -0.3 is 9.73 Å². The molecule has 1 unspecified atom stereocenters. The number of carbonyl (C=O) groups excluding carboxylic acids is 1. The zero-order valence-corrected chi connectivity index (χ0v) is 13.8. The second-order valence-electron chi connectivity index (χ2n) is 5.82. The number of nitrogens with zero attached hydrogens (tertiary/aromatic N) is 1. The number of likely N-dealkylation sites (tertiary alicyclic amines) is 1. The highest BCUT2D eigenvalue weighted by Crippen LogP contribution is 2.25. The summed E-state index contributed by atoms with van der Waals surface area (Å²) in [6.07, 6.45) is 5.33. The minimum absolute atomic E-state index is 0.0664. The van der Waals surface area contributed by atoms with Crippen LogP contribution in [0.2, 0.25) is 5.02 Å². The Bertz CT molecular complexity index is 636. The number of nitrogens with one attached hydrogen (secondary N) is 1. The second-order valence-corrected chi connectivity index (χ2v) is 6.22. The molecular formula is C18H21ClN2O2. The minimum atomic E-state index is -0.149. The van der Waals surface area contributed by atoms with E-state index in [-0.39, 0.29) is 11.9 Å². The molecular weight excluding hydrogens is 312 g/mol. The molecule has 1 fully saturated rings. The summed E-state index contributed by atoms with van der Waals surface area (Å²) in [5, 5.41) is 3.47. The molecule has 1 aromatic heterocycles. The topological polar surface area (TPSA) is 45.5 Å². The Morgan fingerprint density at radius 1 is 1.17 bits per heavy atom. The van der Waals surface area contributed by atoms with E-state index in [0.717, 1.165) is 18.8 Å². The molecule has 3 rings (SSSR count). The molecule has 1 atom stereocenters. The Labute approximate surface area is 141 Å². The minimum Gasteiger partial charge on any atom is -0.468 e. The Balaban J connectivity index is 1.69. The van der Waals surface area contributed by atoms with Gasteiger partial charge in [0.2, 0.25) is 0 Å². The highest BCUT2D eigenvalue weighted by Gasteiger charge is 2.25. The predicted octanol–water partition coefficient (Wildman–Crippen LogP) is 3.89. The molecule has 0 aliphatic carbocycles. The Morgan fingerprint density at radius 2 is 1.96 bits per heavy atom. The first-order valence-electron chi connectivity index (χ1n) is 8.06. The van der Waals surface area contributed by atoms with Crippen LogP contribution < -0.4 is 5.32 Å². The number of piperidine rings is 1. The molecule has 1 aromatic carbocycles. The number of halogens is 1. The molecule has 1 aliphatic heterocycles. The van der Waals surface area contributed by atoms with E-state index in [9.17, 15) is 4.79 Å². The molecule has 1 saturated heterocycles. The smallest absolute Gasteiger partial charge is 0.252 e. The fraction of sp³-hybridized carbons (Fsp3) is 0.389. The van der Waals surface area contributed by atoms with Gasteiger partial charge in [0.25, 0.3) is 5.91 Å². The van der Waals surface area contributed by atoms with E-state index in [0.29, 0.717) is 17.1 Å². The van der Waals surface area contributed by atoms with Gasteiger partial charge in [0.15, 0.2) is 0 Å². The van der Waals surface area contributed by atoms with Gasteiger partial charge in [0.1, 0.15) is 5.76 Å². The first kappa shape index (κ1) is 16.1. The van der Waals surface area contributed by atoms with E-state index < -0.39 is 0 Å². The lowest BCUT2D eigenvalue weighted by molar-refractivity contribution is 0.0914. The Hall–Kier alpha value is -1.78. The third kappa shape index (κ3) is 3.95. The highest BCUT2D eigenvalue weighted by molar-refractivity contribution is 6.33. The third-order valence-electron chi connectivity index (χ3n) is 4.28. The number of amides is 1. The molecule has 0 saturated carbocycles. The number of hydrogen-bond acceptors (Lipinski definition) is 3. The molecule has 2 heterocycles. The number of benzene rings is 1. The van der Waals surface area contributed by atoms with Crippen molar-refractivity contribution in [2.75, 3.05) is 19.6 Å². The summed E-state index contributed by atoms with van der Waals surface area (Å²) < 4.78 is 5.59. The second kappa shape index (κ2) is 7.66. The van der Waals surface area contributed by atoms with Crippen LogP contribution in [0.1, 0.15) is 41.4 Å². The van der Waals surface area contributed by atoms with Crippen molar-refractivity contribution in [1.29, 1.82) is 0 Å². The first-order chi connectivity index (χ1) is 11.3. The van der Waals surface area contributed by atoms with Crippen molar-refractivity contribution in [3.05, 3.63) is 59.0 Å². The van der Waals surface area contributed by atoms with Crippen molar-refractivity contribution in [3.63, 3.8) is 0 Å². The van der Waals surface area contributed by atoms with Gasteiger partial charge in [-0.15, -0.1) is 0 Å². The summed E-state index contributed by atoms with van der Waals surface area (Å²) in [5.41, 5.74) is 0.506. The maximum absolute atomic E-state index is 12.4. The zero-order valence-electron chi connectivity index (χ0n) is 13.0. The van der Waals surface area contributed by atoms with Gasteiger partial charge in [-0.1, -0.05) is 30.2 Å². The van der Waals surface area contributed by atoms with E-state index in [1.54, 1.807) is 18.4 Å². The normalized spacial score (nSPS) is 16.9. The van der Waals surface area contributed by atoms with Gasteiger partial charge >= 0.3 is 0 Å². The average molecular weight is 333 g/mol. The molecule has 1 N–H and O–H groups in total. The lowest BCUT2D eigenvalue weighted by atomic mass is 10.1. The van der Waals surface area contributed by atoms with E-state index in [4.69, 9.17) is 16.0 Å². The van der Waals surface area contributed by atoms with Gasteiger partial charge in [0.05, 0.1) is 22.9 Å². The quantitative estimate of drug-likeness (QED) is 0.903. The maximum Gasteiger partial charge on any atom is 0.252 e. The van der Waals surface area contributed by atoms with E-state index >= 15 is 0 Å². The number of hydrogen-bond donors (Lipinski definition) is 1. The van der Waals surface area contributed by atoms with Crippen molar-refractivity contribution in [3.8, 4) is 0 Å². The predicted molar refractivity (Wildman–Crippen MR) is 90.7 cm³/mol. The molecule has 5 heteroatoms. The fourth-order valence-electron chi connectivity index (χ4n) is 3.05. The van der Waals surface area contributed by atoms with E-state index in [1.165, 1.54) is 19.3 Å². The van der Waals surface area contributed by atoms with Crippen LogP contribution in [-0.4, -0.2) is 30.4 Å². The van der Waals surface area contributed by atoms with Gasteiger partial charge in [-0.3, -0.25) is 9.69 Å². The van der Waals surface area contributed by atoms with Gasteiger partial charge in [-0.05, 0) is 50.2 Å². The van der Waals surface area contributed by atoms with Crippen LogP contribution in [0.4, 0.5) is 0 Å². The lowest BCUT2D eigenvalue weighted by Gasteiger charge is -2.33.